The molecule has 0 amide bonds. The van der Waals surface area contributed by atoms with Gasteiger partial charge in [0.15, 0.2) is 0 Å². The van der Waals surface area contributed by atoms with Crippen LogP contribution in [-0.4, -0.2) is 32.0 Å². The Balaban J connectivity index is 1.84. The number of hydrogen-bond acceptors (Lipinski definition) is 3. The van der Waals surface area contributed by atoms with Crippen LogP contribution in [-0.2, 0) is 9.47 Å². The molecule has 0 aromatic heterocycles. The second kappa shape index (κ2) is 3.73. The maximum atomic E-state index is 6.08. The molecule has 0 aliphatic carbocycles. The number of hydrogen-bond donors (Lipinski definition) is 1. The molecular formula is C9H17NO2. The van der Waals surface area contributed by atoms with E-state index in [-0.39, 0.29) is 6.04 Å². The molecule has 12 heavy (non-hydrogen) atoms. The fourth-order valence-electron chi connectivity index (χ4n) is 2.07. The summed E-state index contributed by atoms with van der Waals surface area (Å²) in [7, 11) is 0. The predicted octanol–water partition coefficient (Wildman–Crippen LogP) is 0.529. The average Bonchev–Trinajstić information content (AvgIpc) is 2.77. The zero-order valence-electron chi connectivity index (χ0n) is 7.37. The van der Waals surface area contributed by atoms with Crippen molar-refractivity contribution in [1.82, 2.24) is 0 Å². The Morgan fingerprint density at radius 2 is 2.17 bits per heavy atom. The van der Waals surface area contributed by atoms with E-state index in [0.717, 1.165) is 32.7 Å². The lowest BCUT2D eigenvalue weighted by atomic mass is 9.94. The van der Waals surface area contributed by atoms with Crippen LogP contribution in [0.1, 0.15) is 19.3 Å². The summed E-state index contributed by atoms with van der Waals surface area (Å²) in [6, 6.07) is 0.204. The van der Waals surface area contributed by atoms with Crippen LogP contribution in [0, 0.1) is 5.92 Å². The Hall–Kier alpha value is -0.120. The molecule has 0 saturated carbocycles. The highest BCUT2D eigenvalue weighted by Gasteiger charge is 2.31. The molecule has 0 aromatic carbocycles. The lowest BCUT2D eigenvalue weighted by Gasteiger charge is -2.23. The Morgan fingerprint density at radius 3 is 2.75 bits per heavy atom. The van der Waals surface area contributed by atoms with Crippen molar-refractivity contribution >= 4 is 0 Å². The van der Waals surface area contributed by atoms with Crippen LogP contribution in [0.25, 0.3) is 0 Å². The second-order valence-electron chi connectivity index (χ2n) is 3.75. The first-order valence-electron chi connectivity index (χ1n) is 4.83. The Morgan fingerprint density at radius 1 is 1.25 bits per heavy atom. The fourth-order valence-corrected chi connectivity index (χ4v) is 2.07. The molecule has 0 radical (unpaired) electrons. The standard InChI is InChI=1S/C9H17NO2/c10-9(7-3-5-11-6-7)8-2-1-4-12-8/h7-9H,1-6,10H2. The van der Waals surface area contributed by atoms with Crippen molar-refractivity contribution in [3.05, 3.63) is 0 Å². The first-order chi connectivity index (χ1) is 5.88. The Bertz CT molecular complexity index is 123. The van der Waals surface area contributed by atoms with Gasteiger partial charge in [0.1, 0.15) is 0 Å². The van der Waals surface area contributed by atoms with E-state index in [4.69, 9.17) is 15.2 Å². The van der Waals surface area contributed by atoms with Crippen LogP contribution >= 0.6 is 0 Å². The predicted molar refractivity (Wildman–Crippen MR) is 45.9 cm³/mol. The van der Waals surface area contributed by atoms with E-state index in [1.807, 2.05) is 0 Å². The SMILES string of the molecule is NC(C1CCOC1)C1CCCO1. The summed E-state index contributed by atoms with van der Waals surface area (Å²) in [5.74, 6) is 0.535. The molecule has 3 nitrogen and oxygen atoms in total. The van der Waals surface area contributed by atoms with E-state index in [1.165, 1.54) is 6.42 Å². The highest BCUT2D eigenvalue weighted by Crippen LogP contribution is 2.24. The van der Waals surface area contributed by atoms with Crippen molar-refractivity contribution in [2.24, 2.45) is 11.7 Å². The molecule has 2 rings (SSSR count). The highest BCUT2D eigenvalue weighted by molar-refractivity contribution is 4.85. The molecule has 2 fully saturated rings. The summed E-state index contributed by atoms with van der Waals surface area (Å²) in [5.41, 5.74) is 6.08. The molecule has 2 saturated heterocycles. The molecule has 0 bridgehead atoms. The van der Waals surface area contributed by atoms with Gasteiger partial charge in [-0.15, -0.1) is 0 Å². The molecule has 2 heterocycles. The van der Waals surface area contributed by atoms with Gasteiger partial charge in [0.05, 0.1) is 12.7 Å². The van der Waals surface area contributed by atoms with Crippen molar-refractivity contribution in [3.8, 4) is 0 Å². The van der Waals surface area contributed by atoms with Crippen LogP contribution in [0.2, 0.25) is 0 Å². The van der Waals surface area contributed by atoms with Gasteiger partial charge in [0.2, 0.25) is 0 Å². The van der Waals surface area contributed by atoms with E-state index in [1.54, 1.807) is 0 Å². The Kier molecular flexibility index (Phi) is 2.63. The van der Waals surface area contributed by atoms with Gasteiger partial charge < -0.3 is 15.2 Å². The van der Waals surface area contributed by atoms with E-state index >= 15 is 0 Å². The van der Waals surface area contributed by atoms with Gasteiger partial charge >= 0.3 is 0 Å². The van der Waals surface area contributed by atoms with E-state index in [2.05, 4.69) is 0 Å². The first kappa shape index (κ1) is 8.48. The monoisotopic (exact) mass is 171 g/mol. The van der Waals surface area contributed by atoms with Gasteiger partial charge in [-0.2, -0.15) is 0 Å². The van der Waals surface area contributed by atoms with Crippen LogP contribution < -0.4 is 5.73 Å². The highest BCUT2D eigenvalue weighted by atomic mass is 16.5. The molecule has 3 atom stereocenters. The van der Waals surface area contributed by atoms with E-state index in [0.29, 0.717) is 12.0 Å². The van der Waals surface area contributed by atoms with Crippen LogP contribution in [0.4, 0.5) is 0 Å². The third-order valence-electron chi connectivity index (χ3n) is 2.90. The third-order valence-corrected chi connectivity index (χ3v) is 2.90. The average molecular weight is 171 g/mol. The van der Waals surface area contributed by atoms with Gasteiger partial charge in [-0.3, -0.25) is 0 Å². The molecule has 0 aromatic rings. The van der Waals surface area contributed by atoms with Gasteiger partial charge in [-0.25, -0.2) is 0 Å². The van der Waals surface area contributed by atoms with Gasteiger partial charge in [-0.1, -0.05) is 0 Å². The number of nitrogens with two attached hydrogens (primary N) is 1. The van der Waals surface area contributed by atoms with Crippen molar-refractivity contribution in [3.63, 3.8) is 0 Å². The van der Waals surface area contributed by atoms with Crippen LogP contribution in [0.5, 0.6) is 0 Å². The fraction of sp³-hybridized carbons (Fsp3) is 1.00. The zero-order chi connectivity index (χ0) is 8.39. The summed E-state index contributed by atoms with van der Waals surface area (Å²) in [5, 5.41) is 0. The molecule has 2 N–H and O–H groups in total. The van der Waals surface area contributed by atoms with Crippen molar-refractivity contribution in [1.29, 1.82) is 0 Å². The van der Waals surface area contributed by atoms with Gasteiger partial charge in [-0.05, 0) is 19.3 Å². The molecule has 3 unspecified atom stereocenters. The second-order valence-corrected chi connectivity index (χ2v) is 3.75. The minimum Gasteiger partial charge on any atom is -0.381 e. The lowest BCUT2D eigenvalue weighted by molar-refractivity contribution is 0.0677. The quantitative estimate of drug-likeness (QED) is 0.659. The summed E-state index contributed by atoms with van der Waals surface area (Å²) in [4.78, 5) is 0. The molecular weight excluding hydrogens is 154 g/mol. The smallest absolute Gasteiger partial charge is 0.0730 e. The minimum atomic E-state index is 0.204. The topological polar surface area (TPSA) is 44.5 Å². The first-order valence-corrected chi connectivity index (χ1v) is 4.83. The normalized spacial score (nSPS) is 38.8. The van der Waals surface area contributed by atoms with Crippen LogP contribution in [0.3, 0.4) is 0 Å². The van der Waals surface area contributed by atoms with Gasteiger partial charge in [0, 0.05) is 25.2 Å². The summed E-state index contributed by atoms with van der Waals surface area (Å²) in [6.45, 7) is 2.61. The molecule has 3 heteroatoms. The summed E-state index contributed by atoms with van der Waals surface area (Å²) in [6.07, 6.45) is 3.72. The maximum Gasteiger partial charge on any atom is 0.0730 e. The van der Waals surface area contributed by atoms with Crippen LogP contribution in [0.15, 0.2) is 0 Å². The maximum absolute atomic E-state index is 6.08. The molecule has 2 aliphatic rings. The molecule has 70 valence electrons. The summed E-state index contributed by atoms with van der Waals surface area (Å²) >= 11 is 0. The van der Waals surface area contributed by atoms with Crippen molar-refractivity contribution in [2.45, 2.75) is 31.4 Å². The van der Waals surface area contributed by atoms with Gasteiger partial charge in [0.25, 0.3) is 0 Å². The lowest BCUT2D eigenvalue weighted by Crippen LogP contribution is -2.41. The molecule has 0 spiro atoms. The van der Waals surface area contributed by atoms with E-state index in [9.17, 15) is 0 Å². The van der Waals surface area contributed by atoms with Crippen molar-refractivity contribution in [2.75, 3.05) is 19.8 Å². The Labute approximate surface area is 73.2 Å². The summed E-state index contributed by atoms with van der Waals surface area (Å²) < 4.78 is 10.8. The largest absolute Gasteiger partial charge is 0.381 e. The van der Waals surface area contributed by atoms with E-state index < -0.39 is 0 Å². The van der Waals surface area contributed by atoms with Crippen molar-refractivity contribution < 1.29 is 9.47 Å². The minimum absolute atomic E-state index is 0.204. The third kappa shape index (κ3) is 1.63. The number of ether oxygens (including phenoxy) is 2. The molecule has 2 aliphatic heterocycles. The zero-order valence-corrected chi connectivity index (χ0v) is 7.37. The number of rotatable bonds is 2.